The maximum absolute atomic E-state index is 13.3. The third-order valence-electron chi connectivity index (χ3n) is 6.91. The number of aryl methyl sites for hydroxylation is 1. The number of aliphatic hydroxyl groups is 1. The van der Waals surface area contributed by atoms with Gasteiger partial charge in [-0.3, -0.25) is 9.59 Å². The molecule has 200 valence electrons. The summed E-state index contributed by atoms with van der Waals surface area (Å²) in [5, 5.41) is 21.4. The van der Waals surface area contributed by atoms with Gasteiger partial charge in [0.25, 0.3) is 11.7 Å². The third-order valence-corrected chi connectivity index (χ3v) is 6.91. The lowest BCUT2D eigenvalue weighted by molar-refractivity contribution is -0.140. The summed E-state index contributed by atoms with van der Waals surface area (Å²) in [5.41, 5.74) is 2.14. The van der Waals surface area contributed by atoms with E-state index < -0.39 is 17.7 Å². The first-order valence-corrected chi connectivity index (χ1v) is 13.3. The smallest absolute Gasteiger partial charge is 0.295 e. The number of ketones is 1. The van der Waals surface area contributed by atoms with Crippen molar-refractivity contribution in [2.75, 3.05) is 33.3 Å². The highest BCUT2D eigenvalue weighted by Crippen LogP contribution is 2.41. The molecule has 2 aromatic carbocycles. The number of aliphatic hydroxyl groups excluding tert-OH is 1. The third kappa shape index (κ3) is 6.72. The van der Waals surface area contributed by atoms with Crippen LogP contribution in [0.3, 0.4) is 0 Å². The van der Waals surface area contributed by atoms with Crippen LogP contribution in [0.5, 0.6) is 11.5 Å². The first kappa shape index (κ1) is 28.3. The number of benzene rings is 2. The number of phenolic OH excluding ortho intramolecular Hbond substituents is 1. The van der Waals surface area contributed by atoms with Gasteiger partial charge < -0.3 is 24.7 Å². The molecule has 1 heterocycles. The lowest BCUT2D eigenvalue weighted by Crippen LogP contribution is -2.34. The van der Waals surface area contributed by atoms with Crippen molar-refractivity contribution in [1.82, 2.24) is 9.80 Å². The largest absolute Gasteiger partial charge is 0.507 e. The Morgan fingerprint density at radius 1 is 0.973 bits per heavy atom. The van der Waals surface area contributed by atoms with Gasteiger partial charge in [-0.05, 0) is 63.5 Å². The van der Waals surface area contributed by atoms with Crippen molar-refractivity contribution in [3.63, 3.8) is 0 Å². The van der Waals surface area contributed by atoms with Gasteiger partial charge in [0, 0.05) is 12.1 Å². The number of unbranched alkanes of at least 4 members (excludes halogenated alkanes) is 2. The first-order chi connectivity index (χ1) is 17.8. The number of nitrogens with zero attached hydrogens (tertiary/aromatic N) is 2. The summed E-state index contributed by atoms with van der Waals surface area (Å²) >= 11 is 0. The Morgan fingerprint density at radius 2 is 1.59 bits per heavy atom. The van der Waals surface area contributed by atoms with Crippen molar-refractivity contribution in [3.05, 3.63) is 64.7 Å². The number of hydrogen-bond acceptors (Lipinski definition) is 6. The van der Waals surface area contributed by atoms with Crippen LogP contribution in [0, 0.1) is 6.92 Å². The number of methoxy groups -OCH3 is 1. The normalized spacial score (nSPS) is 17.1. The zero-order valence-corrected chi connectivity index (χ0v) is 22.5. The molecule has 1 aliphatic rings. The Morgan fingerprint density at radius 3 is 2.19 bits per heavy atom. The summed E-state index contributed by atoms with van der Waals surface area (Å²) in [6, 6.07) is 11.2. The van der Waals surface area contributed by atoms with Gasteiger partial charge in [-0.15, -0.1) is 0 Å². The molecule has 37 heavy (non-hydrogen) atoms. The molecular formula is C30H40N2O5. The summed E-state index contributed by atoms with van der Waals surface area (Å²) in [6.45, 7) is 9.53. The SMILES string of the molecule is CCCCN(CCCC)CCCN1C(=O)C(=O)/C(=C(/O)c2ccc(C)cc2)C1c1ccc(O)c(OC)c1. The van der Waals surface area contributed by atoms with Crippen LogP contribution < -0.4 is 4.74 Å². The predicted octanol–water partition coefficient (Wildman–Crippen LogP) is 5.42. The van der Waals surface area contributed by atoms with Crippen LogP contribution in [0.25, 0.3) is 5.76 Å². The van der Waals surface area contributed by atoms with Gasteiger partial charge in [0.1, 0.15) is 5.76 Å². The molecule has 7 nitrogen and oxygen atoms in total. The highest BCUT2D eigenvalue weighted by Gasteiger charge is 2.46. The Balaban J connectivity index is 1.96. The number of aromatic hydroxyl groups is 1. The van der Waals surface area contributed by atoms with Gasteiger partial charge in [0.05, 0.1) is 18.7 Å². The highest BCUT2D eigenvalue weighted by atomic mass is 16.5. The fourth-order valence-electron chi connectivity index (χ4n) is 4.75. The van der Waals surface area contributed by atoms with Crippen LogP contribution in [-0.4, -0.2) is 65.0 Å². The van der Waals surface area contributed by atoms with E-state index in [1.807, 2.05) is 19.1 Å². The van der Waals surface area contributed by atoms with Crippen molar-refractivity contribution in [1.29, 1.82) is 0 Å². The second-order valence-electron chi connectivity index (χ2n) is 9.69. The Bertz CT molecular complexity index is 1100. The van der Waals surface area contributed by atoms with Gasteiger partial charge >= 0.3 is 0 Å². The monoisotopic (exact) mass is 508 g/mol. The minimum atomic E-state index is -0.782. The summed E-state index contributed by atoms with van der Waals surface area (Å²) in [7, 11) is 1.45. The molecule has 0 aliphatic carbocycles. The Hall–Kier alpha value is -3.32. The maximum Gasteiger partial charge on any atom is 0.295 e. The zero-order valence-electron chi connectivity index (χ0n) is 22.5. The zero-order chi connectivity index (χ0) is 26.9. The van der Waals surface area contributed by atoms with Gasteiger partial charge in [0.15, 0.2) is 11.5 Å². The molecule has 0 saturated carbocycles. The van der Waals surface area contributed by atoms with Crippen LogP contribution in [0.15, 0.2) is 48.0 Å². The lowest BCUT2D eigenvalue weighted by atomic mass is 9.94. The van der Waals surface area contributed by atoms with E-state index in [1.54, 1.807) is 29.2 Å². The quantitative estimate of drug-likeness (QED) is 0.213. The number of carbonyl (C=O) groups is 2. The van der Waals surface area contributed by atoms with E-state index in [0.717, 1.165) is 50.9 Å². The van der Waals surface area contributed by atoms with Crippen molar-refractivity contribution >= 4 is 17.4 Å². The molecule has 0 bridgehead atoms. The minimum absolute atomic E-state index is 0.0378. The van der Waals surface area contributed by atoms with Crippen LogP contribution in [0.1, 0.15) is 68.7 Å². The number of Topliss-reactive ketones (excluding diaryl/α,β-unsaturated/α-hetero) is 1. The average molecular weight is 509 g/mol. The van der Waals surface area contributed by atoms with Crippen molar-refractivity contribution in [3.8, 4) is 11.5 Å². The maximum atomic E-state index is 13.3. The van der Waals surface area contributed by atoms with E-state index in [0.29, 0.717) is 24.1 Å². The molecule has 0 radical (unpaired) electrons. The molecule has 1 amide bonds. The summed E-state index contributed by atoms with van der Waals surface area (Å²) < 4.78 is 5.29. The predicted molar refractivity (Wildman–Crippen MR) is 146 cm³/mol. The molecule has 3 rings (SSSR count). The van der Waals surface area contributed by atoms with Gasteiger partial charge in [-0.2, -0.15) is 0 Å². The Kier molecular flexibility index (Phi) is 10.1. The van der Waals surface area contributed by atoms with Crippen molar-refractivity contribution in [2.45, 2.75) is 58.9 Å². The van der Waals surface area contributed by atoms with Crippen molar-refractivity contribution < 1.29 is 24.5 Å². The van der Waals surface area contributed by atoms with Gasteiger partial charge in [0.2, 0.25) is 0 Å². The molecule has 1 saturated heterocycles. The number of hydrogen-bond donors (Lipinski definition) is 2. The number of carbonyl (C=O) groups excluding carboxylic acids is 2. The fourth-order valence-corrected chi connectivity index (χ4v) is 4.75. The minimum Gasteiger partial charge on any atom is -0.507 e. The fraction of sp³-hybridized carbons (Fsp3) is 0.467. The van der Waals surface area contributed by atoms with E-state index in [4.69, 9.17) is 4.74 Å². The standard InChI is InChI=1S/C30H40N2O5/c1-5-7-16-31(17-8-6-2)18-9-19-32-27(23-14-15-24(33)25(20-23)37-4)26(29(35)30(32)36)28(34)22-12-10-21(3)11-13-22/h10-15,20,27,33-34H,5-9,16-19H2,1-4H3/b28-26+. The summed E-state index contributed by atoms with van der Waals surface area (Å²) in [5.74, 6) is -1.33. The number of rotatable bonds is 13. The van der Waals surface area contributed by atoms with E-state index in [9.17, 15) is 19.8 Å². The number of ether oxygens (including phenoxy) is 1. The van der Waals surface area contributed by atoms with Crippen LogP contribution in [0.2, 0.25) is 0 Å². The van der Waals surface area contributed by atoms with E-state index in [-0.39, 0.29) is 22.8 Å². The summed E-state index contributed by atoms with van der Waals surface area (Å²) in [4.78, 5) is 30.5. The van der Waals surface area contributed by atoms with E-state index in [2.05, 4.69) is 18.7 Å². The second-order valence-corrected chi connectivity index (χ2v) is 9.69. The van der Waals surface area contributed by atoms with Crippen LogP contribution >= 0.6 is 0 Å². The molecule has 1 fully saturated rings. The molecule has 1 aliphatic heterocycles. The lowest BCUT2D eigenvalue weighted by Gasteiger charge is -2.28. The summed E-state index contributed by atoms with van der Waals surface area (Å²) in [6.07, 6.45) is 5.20. The molecule has 2 aromatic rings. The topological polar surface area (TPSA) is 90.3 Å². The molecule has 1 atom stereocenters. The molecule has 7 heteroatoms. The molecular weight excluding hydrogens is 468 g/mol. The molecule has 0 aromatic heterocycles. The molecule has 1 unspecified atom stereocenters. The number of amides is 1. The number of likely N-dealkylation sites (tertiary alicyclic amines) is 1. The second kappa shape index (κ2) is 13.3. The first-order valence-electron chi connectivity index (χ1n) is 13.3. The van der Waals surface area contributed by atoms with Crippen LogP contribution in [-0.2, 0) is 9.59 Å². The van der Waals surface area contributed by atoms with Crippen LogP contribution in [0.4, 0.5) is 0 Å². The highest BCUT2D eigenvalue weighted by molar-refractivity contribution is 6.46. The van der Waals surface area contributed by atoms with E-state index in [1.165, 1.54) is 13.2 Å². The number of phenols is 1. The van der Waals surface area contributed by atoms with Gasteiger partial charge in [-0.1, -0.05) is 62.6 Å². The molecule has 2 N–H and O–H groups in total. The average Bonchev–Trinajstić information content (AvgIpc) is 3.15. The molecule has 0 spiro atoms. The van der Waals surface area contributed by atoms with E-state index >= 15 is 0 Å². The van der Waals surface area contributed by atoms with Gasteiger partial charge in [-0.25, -0.2) is 0 Å². The van der Waals surface area contributed by atoms with Crippen molar-refractivity contribution in [2.24, 2.45) is 0 Å². The Labute approximate surface area is 220 Å².